The lowest BCUT2D eigenvalue weighted by molar-refractivity contribution is 0.550. The quantitative estimate of drug-likeness (QED) is 0.408. The van der Waals surface area contributed by atoms with Gasteiger partial charge in [0.1, 0.15) is 0 Å². The largest absolute Gasteiger partial charge is 0.379 e. The van der Waals surface area contributed by atoms with E-state index in [1.807, 2.05) is 39.3 Å². The van der Waals surface area contributed by atoms with E-state index in [2.05, 4.69) is 5.10 Å². The molecule has 0 N–H and O–H groups in total. The molecule has 0 aromatic rings. The van der Waals surface area contributed by atoms with Gasteiger partial charge in [-0.2, -0.15) is 0 Å². The second-order valence-corrected chi connectivity index (χ2v) is 15.0. The van der Waals surface area contributed by atoms with E-state index < -0.39 is 22.7 Å². The van der Waals surface area contributed by atoms with Gasteiger partial charge in [0.15, 0.2) is 16.5 Å². The van der Waals surface area contributed by atoms with E-state index >= 15 is 0 Å². The fourth-order valence-electron chi connectivity index (χ4n) is 1.38. The van der Waals surface area contributed by atoms with E-state index in [1.54, 1.807) is 4.34 Å². The molecule has 0 fully saturated rings. The predicted molar refractivity (Wildman–Crippen MR) is 58.2 cm³/mol. The molecule has 0 heterocycles. The van der Waals surface area contributed by atoms with Gasteiger partial charge in [0.25, 0.3) is 0 Å². The van der Waals surface area contributed by atoms with E-state index in [0.717, 1.165) is 0 Å². The normalized spacial score (nSPS) is 12.6. The number of hydrazone groups is 1. The molecule has 0 spiro atoms. The Kier molecular flexibility index (Phi) is 3.80. The molecule has 78 valence electrons. The van der Waals surface area contributed by atoms with Crippen LogP contribution in [-0.4, -0.2) is 27.0 Å². The highest BCUT2D eigenvalue weighted by Gasteiger charge is 2.34. The number of rotatable bonds is 3. The molecule has 0 unspecified atom stereocenters. The van der Waals surface area contributed by atoms with Crippen LogP contribution in [0.25, 0.3) is 0 Å². The van der Waals surface area contributed by atoms with E-state index in [4.69, 9.17) is 0 Å². The average molecular weight is 224 g/mol. The monoisotopic (exact) mass is 224 g/mol. The van der Waals surface area contributed by atoms with E-state index in [9.17, 15) is 8.78 Å². The highest BCUT2D eigenvalue weighted by atomic mass is 28.4. The van der Waals surface area contributed by atoms with Crippen molar-refractivity contribution >= 4 is 22.7 Å². The van der Waals surface area contributed by atoms with Crippen molar-refractivity contribution in [1.82, 2.24) is 4.34 Å². The molecular weight excluding hydrogens is 206 g/mol. The molecule has 0 aromatic carbocycles. The minimum atomic E-state index is -1.83. The van der Waals surface area contributed by atoms with Gasteiger partial charge in [-0.1, -0.05) is 39.3 Å². The lowest BCUT2D eigenvalue weighted by atomic mass is 11.5. The van der Waals surface area contributed by atoms with Gasteiger partial charge in [-0.25, -0.2) is 0 Å². The Morgan fingerprint density at radius 3 is 1.31 bits per heavy atom. The first-order valence-electron chi connectivity index (χ1n) is 4.25. The van der Waals surface area contributed by atoms with Gasteiger partial charge < -0.3 is 4.34 Å². The zero-order chi connectivity index (χ0) is 10.9. The van der Waals surface area contributed by atoms with Gasteiger partial charge in [-0.15, -0.1) is 13.9 Å². The lowest BCUT2D eigenvalue weighted by Gasteiger charge is -2.40. The molecule has 0 aliphatic rings. The predicted octanol–water partition coefficient (Wildman–Crippen LogP) is 3.17. The summed E-state index contributed by atoms with van der Waals surface area (Å²) >= 11 is 0. The first-order chi connectivity index (χ1) is 5.55. The first kappa shape index (κ1) is 12.8. The summed E-state index contributed by atoms with van der Waals surface area (Å²) in [7, 11) is -3.51. The van der Waals surface area contributed by atoms with Crippen molar-refractivity contribution in [3.05, 3.63) is 0 Å². The van der Waals surface area contributed by atoms with E-state index in [1.165, 1.54) is 0 Å². The maximum Gasteiger partial charge on any atom is 0.379 e. The van der Waals surface area contributed by atoms with Gasteiger partial charge in [-0.3, -0.25) is 0 Å². The topological polar surface area (TPSA) is 15.6 Å². The molecule has 0 aliphatic heterocycles. The molecule has 13 heavy (non-hydrogen) atoms. The van der Waals surface area contributed by atoms with Gasteiger partial charge in [-0.05, 0) is 0 Å². The third kappa shape index (κ3) is 4.51. The standard InChI is InChI=1S/C7H18F2N2Si2/c1-12(2,3)11(10-7(8)9)13(4,5)6/h1-6H3. The first-order valence-corrected chi connectivity index (χ1v) is 11.1. The maximum atomic E-state index is 12.1. The van der Waals surface area contributed by atoms with Crippen LogP contribution in [0.5, 0.6) is 0 Å². The molecule has 0 atom stereocenters. The maximum absolute atomic E-state index is 12.1. The van der Waals surface area contributed by atoms with Gasteiger partial charge in [0, 0.05) is 0 Å². The van der Waals surface area contributed by atoms with Crippen molar-refractivity contribution in [3.63, 3.8) is 0 Å². The van der Waals surface area contributed by atoms with Crippen LogP contribution in [-0.2, 0) is 0 Å². The summed E-state index contributed by atoms with van der Waals surface area (Å²) in [6, 6.07) is 0. The van der Waals surface area contributed by atoms with E-state index in [0.29, 0.717) is 0 Å². The van der Waals surface area contributed by atoms with Crippen LogP contribution in [0.4, 0.5) is 8.78 Å². The SMILES string of the molecule is C[Si](C)(C)N(N=C(F)F)[Si](C)(C)C. The Bertz CT molecular complexity index is 188. The zero-order valence-corrected chi connectivity index (χ0v) is 11.2. The van der Waals surface area contributed by atoms with Crippen molar-refractivity contribution < 1.29 is 8.78 Å². The van der Waals surface area contributed by atoms with Crippen LogP contribution in [0.3, 0.4) is 0 Å². The molecule has 0 radical (unpaired) electrons. The number of nitrogens with zero attached hydrogens (tertiary/aromatic N) is 2. The molecule has 0 saturated heterocycles. The van der Waals surface area contributed by atoms with Gasteiger partial charge in [0.2, 0.25) is 0 Å². The molecule has 0 saturated carbocycles. The van der Waals surface area contributed by atoms with Crippen molar-refractivity contribution in [3.8, 4) is 0 Å². The van der Waals surface area contributed by atoms with E-state index in [-0.39, 0.29) is 0 Å². The molecule has 2 nitrogen and oxygen atoms in total. The fourth-order valence-corrected chi connectivity index (χ4v) is 10.2. The van der Waals surface area contributed by atoms with Crippen molar-refractivity contribution in [1.29, 1.82) is 0 Å². The minimum absolute atomic E-state index is 1.69. The number of hydrogen-bond donors (Lipinski definition) is 0. The summed E-state index contributed by atoms with van der Waals surface area (Å²) in [6.45, 7) is 12.2. The highest BCUT2D eigenvalue weighted by molar-refractivity contribution is 6.89. The van der Waals surface area contributed by atoms with Crippen LogP contribution in [0, 0.1) is 0 Å². The Morgan fingerprint density at radius 1 is 0.923 bits per heavy atom. The van der Waals surface area contributed by atoms with Gasteiger partial charge >= 0.3 is 6.22 Å². The Morgan fingerprint density at radius 2 is 1.23 bits per heavy atom. The summed E-state index contributed by atoms with van der Waals surface area (Å²) in [4.78, 5) is 0. The molecule has 0 aliphatic carbocycles. The number of hydrogen-bond acceptors (Lipinski definition) is 2. The highest BCUT2D eigenvalue weighted by Crippen LogP contribution is 2.20. The Hall–Kier alpha value is -0.236. The summed E-state index contributed by atoms with van der Waals surface area (Å²) < 4.78 is 25.9. The second-order valence-electron chi connectivity index (χ2n) is 4.99. The van der Waals surface area contributed by atoms with Crippen LogP contribution in [0.2, 0.25) is 39.3 Å². The molecule has 6 heteroatoms. The lowest BCUT2D eigenvalue weighted by Crippen LogP contribution is -2.56. The summed E-state index contributed by atoms with van der Waals surface area (Å²) in [6.07, 6.45) is -1.83. The zero-order valence-electron chi connectivity index (χ0n) is 9.15. The third-order valence-electron chi connectivity index (χ3n) is 1.45. The molecule has 0 rings (SSSR count). The smallest absolute Gasteiger partial charge is 0.345 e. The third-order valence-corrected chi connectivity index (χ3v) is 8.21. The average Bonchev–Trinajstić information content (AvgIpc) is 1.77. The Labute approximate surface area is 80.8 Å². The summed E-state index contributed by atoms with van der Waals surface area (Å²) in [5.41, 5.74) is 0. The van der Waals surface area contributed by atoms with Crippen molar-refractivity contribution in [2.45, 2.75) is 39.3 Å². The summed E-state index contributed by atoms with van der Waals surface area (Å²) in [5.74, 6) is 0. The second kappa shape index (κ2) is 3.87. The molecular formula is C7H18F2N2Si2. The minimum Gasteiger partial charge on any atom is -0.345 e. The fraction of sp³-hybridized carbons (Fsp3) is 0.857. The van der Waals surface area contributed by atoms with Gasteiger partial charge in [0.05, 0.1) is 0 Å². The van der Waals surface area contributed by atoms with Crippen LogP contribution < -0.4 is 0 Å². The van der Waals surface area contributed by atoms with Crippen LogP contribution in [0.15, 0.2) is 5.10 Å². The van der Waals surface area contributed by atoms with Crippen LogP contribution >= 0.6 is 0 Å². The Balaban J connectivity index is 4.90. The number of halogens is 2. The summed E-state index contributed by atoms with van der Waals surface area (Å²) in [5, 5.41) is 3.36. The van der Waals surface area contributed by atoms with Crippen LogP contribution in [0.1, 0.15) is 0 Å². The molecule has 0 amide bonds. The molecule has 0 bridgehead atoms. The van der Waals surface area contributed by atoms with Crippen molar-refractivity contribution in [2.75, 3.05) is 0 Å². The van der Waals surface area contributed by atoms with Crippen molar-refractivity contribution in [2.24, 2.45) is 5.10 Å². The molecule has 0 aromatic heterocycles.